The first-order valence-corrected chi connectivity index (χ1v) is 10.9. The molecule has 5 heteroatoms. The number of fused-ring (bicyclic) bond motifs is 1. The van der Waals surface area contributed by atoms with E-state index in [1.54, 1.807) is 0 Å². The van der Waals surface area contributed by atoms with Gasteiger partial charge in [-0.15, -0.1) is 0 Å². The normalized spacial score (nSPS) is 14.8. The Morgan fingerprint density at radius 1 is 1.07 bits per heavy atom. The Balaban J connectivity index is 1.51. The third kappa shape index (κ3) is 4.51. The molecule has 158 valence electrons. The number of hydrogen-bond acceptors (Lipinski definition) is 3. The van der Waals surface area contributed by atoms with Crippen LogP contribution in [0.15, 0.2) is 48.5 Å². The molecule has 0 aliphatic carbocycles. The molecule has 0 radical (unpaired) electrons. The summed E-state index contributed by atoms with van der Waals surface area (Å²) in [6.07, 6.45) is 4.93. The van der Waals surface area contributed by atoms with Crippen LogP contribution in [-0.4, -0.2) is 46.8 Å². The number of benzene rings is 2. The van der Waals surface area contributed by atoms with E-state index in [1.165, 1.54) is 32.4 Å². The lowest BCUT2D eigenvalue weighted by atomic mass is 10.1. The molecule has 0 spiro atoms. The molecule has 0 unspecified atom stereocenters. The predicted molar refractivity (Wildman–Crippen MR) is 120 cm³/mol. The fourth-order valence-electron chi connectivity index (χ4n) is 4.45. The van der Waals surface area contributed by atoms with Gasteiger partial charge in [0.2, 0.25) is 0 Å². The van der Waals surface area contributed by atoms with Crippen LogP contribution < -0.4 is 4.74 Å². The van der Waals surface area contributed by atoms with Gasteiger partial charge in [0.05, 0.1) is 12.2 Å². The molecule has 1 aliphatic heterocycles. The van der Waals surface area contributed by atoms with E-state index in [9.17, 15) is 9.90 Å². The largest absolute Gasteiger partial charge is 0.494 e. The monoisotopic (exact) mass is 406 g/mol. The summed E-state index contributed by atoms with van der Waals surface area (Å²) in [7, 11) is 0. The second-order valence-corrected chi connectivity index (χ2v) is 8.12. The smallest absolute Gasteiger partial charge is 0.338 e. The maximum absolute atomic E-state index is 12.0. The number of piperidine rings is 1. The number of rotatable bonds is 8. The maximum Gasteiger partial charge on any atom is 0.338 e. The zero-order valence-electron chi connectivity index (χ0n) is 17.6. The Hall–Kier alpha value is -2.79. The van der Waals surface area contributed by atoms with E-state index in [1.807, 2.05) is 43.3 Å². The highest BCUT2D eigenvalue weighted by Gasteiger charge is 2.20. The van der Waals surface area contributed by atoms with Gasteiger partial charge in [-0.3, -0.25) is 0 Å². The molecule has 0 saturated carbocycles. The van der Waals surface area contributed by atoms with Gasteiger partial charge in [-0.2, -0.15) is 0 Å². The van der Waals surface area contributed by atoms with Crippen LogP contribution in [0.25, 0.3) is 10.9 Å². The van der Waals surface area contributed by atoms with Gasteiger partial charge in [0, 0.05) is 29.7 Å². The first-order valence-electron chi connectivity index (χ1n) is 10.9. The van der Waals surface area contributed by atoms with Crippen LogP contribution >= 0.6 is 0 Å². The van der Waals surface area contributed by atoms with Crippen molar-refractivity contribution in [1.82, 2.24) is 9.47 Å². The Kier molecular flexibility index (Phi) is 6.38. The van der Waals surface area contributed by atoms with Crippen molar-refractivity contribution in [2.24, 2.45) is 0 Å². The van der Waals surface area contributed by atoms with Crippen LogP contribution in [0.2, 0.25) is 0 Å². The molecule has 2 aromatic carbocycles. The molecule has 30 heavy (non-hydrogen) atoms. The lowest BCUT2D eigenvalue weighted by Gasteiger charge is -2.26. The number of likely N-dealkylation sites (tertiary alicyclic amines) is 1. The highest BCUT2D eigenvalue weighted by Crippen LogP contribution is 2.30. The molecular weight excluding hydrogens is 376 g/mol. The van der Waals surface area contributed by atoms with Gasteiger partial charge in [0.25, 0.3) is 0 Å². The number of ether oxygens (including phenoxy) is 1. The lowest BCUT2D eigenvalue weighted by Crippen LogP contribution is -2.31. The van der Waals surface area contributed by atoms with Crippen molar-refractivity contribution in [3.8, 4) is 5.75 Å². The summed E-state index contributed by atoms with van der Waals surface area (Å²) in [6.45, 7) is 6.63. The second kappa shape index (κ2) is 9.35. The molecule has 0 atom stereocenters. The molecule has 5 nitrogen and oxygen atoms in total. The summed E-state index contributed by atoms with van der Waals surface area (Å²) in [5, 5.41) is 10.6. The molecular formula is C25H30N2O3. The average molecular weight is 407 g/mol. The Labute approximate surface area is 177 Å². The van der Waals surface area contributed by atoms with Crippen molar-refractivity contribution in [2.75, 3.05) is 26.2 Å². The molecule has 1 fully saturated rings. The van der Waals surface area contributed by atoms with E-state index >= 15 is 0 Å². The number of aromatic carboxylic acids is 1. The minimum Gasteiger partial charge on any atom is -0.494 e. The third-order valence-electron chi connectivity index (χ3n) is 6.03. The van der Waals surface area contributed by atoms with Gasteiger partial charge in [-0.1, -0.05) is 36.8 Å². The molecule has 1 aromatic heterocycles. The zero-order chi connectivity index (χ0) is 20.9. The summed E-state index contributed by atoms with van der Waals surface area (Å²) in [5.41, 5.74) is 3.20. The third-order valence-corrected chi connectivity index (χ3v) is 6.03. The molecule has 2 heterocycles. The minimum absolute atomic E-state index is 0.361. The average Bonchev–Trinajstić information content (AvgIpc) is 3.03. The van der Waals surface area contributed by atoms with Gasteiger partial charge in [-0.05, 0) is 63.0 Å². The summed E-state index contributed by atoms with van der Waals surface area (Å²) in [4.78, 5) is 14.5. The van der Waals surface area contributed by atoms with E-state index in [0.29, 0.717) is 18.7 Å². The fraction of sp³-hybridized carbons (Fsp3) is 0.400. The van der Waals surface area contributed by atoms with Gasteiger partial charge in [0.1, 0.15) is 5.75 Å². The Morgan fingerprint density at radius 3 is 2.57 bits per heavy atom. The van der Waals surface area contributed by atoms with E-state index in [4.69, 9.17) is 4.74 Å². The van der Waals surface area contributed by atoms with E-state index in [0.717, 1.165) is 40.9 Å². The summed E-state index contributed by atoms with van der Waals surface area (Å²) in [5.74, 6) is -0.160. The van der Waals surface area contributed by atoms with Crippen molar-refractivity contribution >= 4 is 16.9 Å². The summed E-state index contributed by atoms with van der Waals surface area (Å²) in [6, 6.07) is 15.9. The quantitative estimate of drug-likeness (QED) is 0.538. The highest BCUT2D eigenvalue weighted by molar-refractivity contribution is 6.05. The number of hydrogen-bond donors (Lipinski definition) is 1. The van der Waals surface area contributed by atoms with Crippen LogP contribution in [0.3, 0.4) is 0 Å². The summed E-state index contributed by atoms with van der Waals surface area (Å²) >= 11 is 0. The first kappa shape index (κ1) is 20.5. The highest BCUT2D eigenvalue weighted by atomic mass is 16.5. The predicted octanol–water partition coefficient (Wildman–Crippen LogP) is 4.95. The number of carboxylic acid groups (broad SMARTS) is 1. The van der Waals surface area contributed by atoms with Gasteiger partial charge in [0.15, 0.2) is 0 Å². The minimum atomic E-state index is -0.897. The zero-order valence-corrected chi connectivity index (χ0v) is 17.6. The van der Waals surface area contributed by atoms with Crippen molar-refractivity contribution in [1.29, 1.82) is 0 Å². The van der Waals surface area contributed by atoms with Crippen molar-refractivity contribution in [3.05, 3.63) is 65.4 Å². The maximum atomic E-state index is 12.0. The molecule has 0 amide bonds. The van der Waals surface area contributed by atoms with E-state index < -0.39 is 5.97 Å². The van der Waals surface area contributed by atoms with Crippen molar-refractivity contribution in [3.63, 3.8) is 0 Å². The molecule has 1 aliphatic rings. The standard InChI is InChI=1S/C25H30N2O3/c1-19-24(25(28)29)22-17-21(30-16-8-15-26-13-6-3-7-14-26)11-12-23(22)27(19)18-20-9-4-2-5-10-20/h2,4-5,9-12,17H,3,6-8,13-16,18H2,1H3,(H,28,29). The summed E-state index contributed by atoms with van der Waals surface area (Å²) < 4.78 is 8.06. The topological polar surface area (TPSA) is 54.7 Å². The number of carbonyl (C=O) groups is 1. The van der Waals surface area contributed by atoms with Crippen LogP contribution in [0.5, 0.6) is 5.75 Å². The molecule has 0 bridgehead atoms. The van der Waals surface area contributed by atoms with E-state index in [2.05, 4.69) is 21.6 Å². The van der Waals surface area contributed by atoms with Gasteiger partial charge < -0.3 is 19.3 Å². The molecule has 3 aromatic rings. The number of carboxylic acids is 1. The fourth-order valence-corrected chi connectivity index (χ4v) is 4.45. The van der Waals surface area contributed by atoms with E-state index in [-0.39, 0.29) is 0 Å². The van der Waals surface area contributed by atoms with Crippen LogP contribution in [0, 0.1) is 6.92 Å². The lowest BCUT2D eigenvalue weighted by molar-refractivity contribution is 0.0698. The Morgan fingerprint density at radius 2 is 1.83 bits per heavy atom. The van der Waals surface area contributed by atoms with Gasteiger partial charge in [-0.25, -0.2) is 4.79 Å². The van der Waals surface area contributed by atoms with Crippen molar-refractivity contribution in [2.45, 2.75) is 39.2 Å². The second-order valence-electron chi connectivity index (χ2n) is 8.12. The molecule has 1 saturated heterocycles. The first-order chi connectivity index (χ1) is 14.6. The number of nitrogens with zero attached hydrogens (tertiary/aromatic N) is 2. The van der Waals surface area contributed by atoms with Crippen LogP contribution in [0.1, 0.15) is 47.3 Å². The number of aromatic nitrogens is 1. The van der Waals surface area contributed by atoms with Crippen LogP contribution in [-0.2, 0) is 6.54 Å². The Bertz CT molecular complexity index is 1000. The van der Waals surface area contributed by atoms with Crippen molar-refractivity contribution < 1.29 is 14.6 Å². The van der Waals surface area contributed by atoms with Crippen LogP contribution in [0.4, 0.5) is 0 Å². The van der Waals surface area contributed by atoms with Gasteiger partial charge >= 0.3 is 5.97 Å². The molecule has 1 N–H and O–H groups in total. The SMILES string of the molecule is Cc1c(C(=O)O)c2cc(OCCCN3CCCCC3)ccc2n1Cc1ccccc1. The molecule has 4 rings (SSSR count).